The van der Waals surface area contributed by atoms with E-state index in [1.807, 2.05) is 24.3 Å². The minimum absolute atomic E-state index is 0.288. The molecule has 1 rings (SSSR count). The molecule has 0 heterocycles. The topological polar surface area (TPSA) is 12.0 Å². The van der Waals surface area contributed by atoms with Gasteiger partial charge in [-0.25, -0.2) is 0 Å². The molecule has 0 saturated carbocycles. The summed E-state index contributed by atoms with van der Waals surface area (Å²) in [6.07, 6.45) is -4.16. The number of halogens is 4. The summed E-state index contributed by atoms with van der Waals surface area (Å²) in [6, 6.07) is 7.12. The fourth-order valence-electron chi connectivity index (χ4n) is 1.14. The number of benzene rings is 1. The fourth-order valence-corrected chi connectivity index (χ4v) is 1.50. The zero-order chi connectivity index (χ0) is 11.5. The molecule has 0 saturated heterocycles. The number of rotatable bonds is 3. The smallest absolute Gasteiger partial charge is 0.302 e. The van der Waals surface area contributed by atoms with Gasteiger partial charge in [0.05, 0.1) is 6.54 Å². The lowest BCUT2D eigenvalue weighted by Crippen LogP contribution is -2.30. The standard InChI is InChI=1S/C10H11F3IN/c1-7(15-6-10(11,12)13)8-2-4-9(14)5-3-8/h2-5,7,15H,6H2,1H3. The van der Waals surface area contributed by atoms with E-state index in [4.69, 9.17) is 0 Å². The van der Waals surface area contributed by atoms with Crippen molar-refractivity contribution in [3.05, 3.63) is 33.4 Å². The van der Waals surface area contributed by atoms with Crippen molar-refractivity contribution in [2.75, 3.05) is 6.54 Å². The summed E-state index contributed by atoms with van der Waals surface area (Å²) in [5, 5.41) is 2.43. The predicted octanol–water partition coefficient (Wildman–Crippen LogP) is 3.50. The molecule has 15 heavy (non-hydrogen) atoms. The average Bonchev–Trinajstić information content (AvgIpc) is 2.14. The van der Waals surface area contributed by atoms with Crippen LogP contribution < -0.4 is 5.32 Å². The van der Waals surface area contributed by atoms with Crippen LogP contribution in [0, 0.1) is 3.57 Å². The molecule has 1 aromatic carbocycles. The van der Waals surface area contributed by atoms with E-state index in [1.165, 1.54) is 0 Å². The molecule has 1 atom stereocenters. The van der Waals surface area contributed by atoms with Crippen LogP contribution >= 0.6 is 22.6 Å². The van der Waals surface area contributed by atoms with Crippen molar-refractivity contribution in [2.24, 2.45) is 0 Å². The van der Waals surface area contributed by atoms with E-state index in [0.29, 0.717) is 0 Å². The Morgan fingerprint density at radius 2 is 1.80 bits per heavy atom. The van der Waals surface area contributed by atoms with Crippen LogP contribution in [-0.2, 0) is 0 Å². The van der Waals surface area contributed by atoms with Crippen LogP contribution in [0.2, 0.25) is 0 Å². The van der Waals surface area contributed by atoms with Crippen molar-refractivity contribution in [3.8, 4) is 0 Å². The van der Waals surface area contributed by atoms with E-state index in [2.05, 4.69) is 27.9 Å². The Hall–Kier alpha value is -0.300. The van der Waals surface area contributed by atoms with Crippen LogP contribution in [-0.4, -0.2) is 12.7 Å². The third-order valence-electron chi connectivity index (χ3n) is 1.98. The molecule has 0 aromatic heterocycles. The molecular formula is C10H11F3IN. The second-order valence-corrected chi connectivity index (χ2v) is 4.51. The number of nitrogens with one attached hydrogen (secondary N) is 1. The fraction of sp³-hybridized carbons (Fsp3) is 0.400. The summed E-state index contributed by atoms with van der Waals surface area (Å²) in [5.74, 6) is 0. The Balaban J connectivity index is 2.54. The SMILES string of the molecule is CC(NCC(F)(F)F)c1ccc(I)cc1. The molecule has 1 unspecified atom stereocenters. The second kappa shape index (κ2) is 5.16. The number of alkyl halides is 3. The zero-order valence-electron chi connectivity index (χ0n) is 8.11. The first-order chi connectivity index (χ1) is 6.88. The van der Waals surface area contributed by atoms with Crippen molar-refractivity contribution in [3.63, 3.8) is 0 Å². The van der Waals surface area contributed by atoms with Crippen molar-refractivity contribution >= 4 is 22.6 Å². The van der Waals surface area contributed by atoms with Gasteiger partial charge >= 0.3 is 6.18 Å². The first-order valence-corrected chi connectivity index (χ1v) is 5.52. The highest BCUT2D eigenvalue weighted by Crippen LogP contribution is 2.17. The Kier molecular flexibility index (Phi) is 4.39. The van der Waals surface area contributed by atoms with E-state index in [9.17, 15) is 13.2 Å². The molecule has 0 amide bonds. The van der Waals surface area contributed by atoms with Gasteiger partial charge in [-0.05, 0) is 47.2 Å². The van der Waals surface area contributed by atoms with Gasteiger partial charge in [0.25, 0.3) is 0 Å². The molecule has 0 spiro atoms. The quantitative estimate of drug-likeness (QED) is 0.837. The second-order valence-electron chi connectivity index (χ2n) is 3.27. The van der Waals surface area contributed by atoms with Crippen LogP contribution in [0.4, 0.5) is 13.2 Å². The first-order valence-electron chi connectivity index (χ1n) is 4.44. The van der Waals surface area contributed by atoms with Crippen molar-refractivity contribution < 1.29 is 13.2 Å². The highest BCUT2D eigenvalue weighted by Gasteiger charge is 2.27. The van der Waals surface area contributed by atoms with Gasteiger partial charge in [0.15, 0.2) is 0 Å². The van der Waals surface area contributed by atoms with Gasteiger partial charge in [-0.2, -0.15) is 13.2 Å². The summed E-state index contributed by atoms with van der Waals surface area (Å²) in [5.41, 5.74) is 0.861. The third-order valence-corrected chi connectivity index (χ3v) is 2.70. The summed E-state index contributed by atoms with van der Waals surface area (Å²) in [4.78, 5) is 0. The zero-order valence-corrected chi connectivity index (χ0v) is 10.3. The summed E-state index contributed by atoms with van der Waals surface area (Å²) in [6.45, 7) is 0.758. The van der Waals surface area contributed by atoms with Gasteiger partial charge in [-0.15, -0.1) is 0 Å². The number of hydrogen-bond donors (Lipinski definition) is 1. The van der Waals surface area contributed by atoms with E-state index in [0.717, 1.165) is 9.13 Å². The van der Waals surface area contributed by atoms with Crippen LogP contribution in [0.1, 0.15) is 18.5 Å². The van der Waals surface area contributed by atoms with Crippen molar-refractivity contribution in [1.29, 1.82) is 0 Å². The summed E-state index contributed by atoms with van der Waals surface area (Å²) in [7, 11) is 0. The summed E-state index contributed by atoms with van der Waals surface area (Å²) < 4.78 is 36.9. The van der Waals surface area contributed by atoms with Crippen LogP contribution in [0.25, 0.3) is 0 Å². The Morgan fingerprint density at radius 1 is 1.27 bits per heavy atom. The van der Waals surface area contributed by atoms with E-state index < -0.39 is 12.7 Å². The minimum atomic E-state index is -4.16. The maximum atomic E-state index is 11.9. The number of hydrogen-bond acceptors (Lipinski definition) is 1. The molecule has 1 N–H and O–H groups in total. The highest BCUT2D eigenvalue weighted by molar-refractivity contribution is 14.1. The van der Waals surface area contributed by atoms with Gasteiger partial charge < -0.3 is 5.32 Å². The molecule has 0 fully saturated rings. The molecule has 0 aliphatic carbocycles. The Morgan fingerprint density at radius 3 is 2.27 bits per heavy atom. The molecule has 1 aromatic rings. The molecular weight excluding hydrogens is 318 g/mol. The Labute approximate surface area is 100 Å². The molecule has 0 bridgehead atoms. The summed E-state index contributed by atoms with van der Waals surface area (Å²) >= 11 is 2.15. The average molecular weight is 329 g/mol. The van der Waals surface area contributed by atoms with Gasteiger partial charge in [0.2, 0.25) is 0 Å². The van der Waals surface area contributed by atoms with E-state index in [1.54, 1.807) is 6.92 Å². The van der Waals surface area contributed by atoms with Gasteiger partial charge in [-0.1, -0.05) is 12.1 Å². The lowest BCUT2D eigenvalue weighted by atomic mass is 10.1. The molecule has 5 heteroatoms. The van der Waals surface area contributed by atoms with Crippen LogP contribution in [0.5, 0.6) is 0 Å². The van der Waals surface area contributed by atoms with E-state index in [-0.39, 0.29) is 6.04 Å². The third kappa shape index (κ3) is 4.83. The van der Waals surface area contributed by atoms with E-state index >= 15 is 0 Å². The first kappa shape index (κ1) is 12.8. The van der Waals surface area contributed by atoms with Crippen LogP contribution in [0.3, 0.4) is 0 Å². The minimum Gasteiger partial charge on any atom is -0.302 e. The molecule has 84 valence electrons. The van der Waals surface area contributed by atoms with Crippen molar-refractivity contribution in [1.82, 2.24) is 5.32 Å². The van der Waals surface area contributed by atoms with Gasteiger partial charge in [0.1, 0.15) is 0 Å². The molecule has 1 nitrogen and oxygen atoms in total. The van der Waals surface area contributed by atoms with Gasteiger partial charge in [0, 0.05) is 9.61 Å². The largest absolute Gasteiger partial charge is 0.401 e. The monoisotopic (exact) mass is 329 g/mol. The maximum Gasteiger partial charge on any atom is 0.401 e. The lowest BCUT2D eigenvalue weighted by molar-refractivity contribution is -0.126. The van der Waals surface area contributed by atoms with Crippen LogP contribution in [0.15, 0.2) is 24.3 Å². The van der Waals surface area contributed by atoms with Crippen molar-refractivity contribution in [2.45, 2.75) is 19.1 Å². The van der Waals surface area contributed by atoms with Gasteiger partial charge in [-0.3, -0.25) is 0 Å². The maximum absolute atomic E-state index is 11.9. The molecule has 0 aliphatic heterocycles. The highest BCUT2D eigenvalue weighted by atomic mass is 127. The molecule has 0 aliphatic rings. The lowest BCUT2D eigenvalue weighted by Gasteiger charge is -2.15. The normalized spacial score (nSPS) is 13.9. The predicted molar refractivity (Wildman–Crippen MR) is 61.6 cm³/mol. The molecule has 0 radical (unpaired) electrons. The Bertz CT molecular complexity index is 307.